The summed E-state index contributed by atoms with van der Waals surface area (Å²) in [5.74, 6) is 1.07. The summed E-state index contributed by atoms with van der Waals surface area (Å²) in [4.78, 5) is 2.53. The molecule has 1 aromatic carbocycles. The number of benzene rings is 1. The van der Waals surface area contributed by atoms with Crippen LogP contribution in [0.3, 0.4) is 0 Å². The van der Waals surface area contributed by atoms with Crippen molar-refractivity contribution < 1.29 is 9.84 Å². The summed E-state index contributed by atoms with van der Waals surface area (Å²) in [5.41, 5.74) is 2.66. The summed E-state index contributed by atoms with van der Waals surface area (Å²) in [7, 11) is 0. The summed E-state index contributed by atoms with van der Waals surface area (Å²) in [5, 5.41) is 9.21. The van der Waals surface area contributed by atoms with Crippen LogP contribution in [0, 0.1) is 6.92 Å². The Bertz CT molecular complexity index is 458. The maximum Gasteiger partial charge on any atom is 0.123 e. The van der Waals surface area contributed by atoms with Crippen molar-refractivity contribution in [1.29, 1.82) is 0 Å². The molecule has 0 radical (unpaired) electrons. The first kappa shape index (κ1) is 13.9. The molecule has 0 aliphatic carbocycles. The maximum absolute atomic E-state index is 9.21. The van der Waals surface area contributed by atoms with Crippen LogP contribution in [0.25, 0.3) is 0 Å². The van der Waals surface area contributed by atoms with E-state index in [2.05, 4.69) is 30.0 Å². The lowest BCUT2D eigenvalue weighted by molar-refractivity contribution is 0.0757. The van der Waals surface area contributed by atoms with Crippen molar-refractivity contribution in [1.82, 2.24) is 4.90 Å². The number of aryl methyl sites for hydroxylation is 1. The second kappa shape index (κ2) is 6.15. The zero-order chi connectivity index (χ0) is 13.9. The smallest absolute Gasteiger partial charge is 0.123 e. The number of fused-ring (bicyclic) bond motifs is 1. The highest BCUT2D eigenvalue weighted by atomic mass is 16.5. The highest BCUT2D eigenvalue weighted by Crippen LogP contribution is 2.31. The maximum atomic E-state index is 9.21. The van der Waals surface area contributed by atoms with Crippen LogP contribution in [-0.4, -0.2) is 41.8 Å². The van der Waals surface area contributed by atoms with E-state index >= 15 is 0 Å². The molecular formula is C17H25NO2. The van der Waals surface area contributed by atoms with Crippen molar-refractivity contribution in [2.45, 2.75) is 51.2 Å². The number of aliphatic hydroxyl groups excluding tert-OH is 1. The molecule has 20 heavy (non-hydrogen) atoms. The topological polar surface area (TPSA) is 32.7 Å². The van der Waals surface area contributed by atoms with Gasteiger partial charge in [-0.3, -0.25) is 4.90 Å². The van der Waals surface area contributed by atoms with Crippen molar-refractivity contribution in [3.63, 3.8) is 0 Å². The first-order valence-electron chi connectivity index (χ1n) is 7.87. The van der Waals surface area contributed by atoms with Crippen LogP contribution in [0.1, 0.15) is 36.8 Å². The van der Waals surface area contributed by atoms with Crippen molar-refractivity contribution in [3.8, 4) is 5.75 Å². The lowest BCUT2D eigenvalue weighted by Crippen LogP contribution is -2.45. The number of ether oxygens (including phenoxy) is 1. The summed E-state index contributed by atoms with van der Waals surface area (Å²) in [6.07, 6.45) is 6.01. The second-order valence-electron chi connectivity index (χ2n) is 6.21. The van der Waals surface area contributed by atoms with Crippen LogP contribution < -0.4 is 4.74 Å². The highest BCUT2D eigenvalue weighted by molar-refractivity contribution is 5.40. The normalized spacial score (nSPS) is 26.3. The van der Waals surface area contributed by atoms with Gasteiger partial charge in [0.05, 0.1) is 0 Å². The molecule has 0 amide bonds. The molecule has 1 fully saturated rings. The number of rotatable bonds is 4. The molecule has 0 aromatic heterocycles. The summed E-state index contributed by atoms with van der Waals surface area (Å²) in [6, 6.07) is 7.02. The minimum Gasteiger partial charge on any atom is -0.488 e. The van der Waals surface area contributed by atoms with E-state index in [0.717, 1.165) is 31.7 Å². The third-order valence-electron chi connectivity index (χ3n) is 4.61. The van der Waals surface area contributed by atoms with Gasteiger partial charge >= 0.3 is 0 Å². The van der Waals surface area contributed by atoms with Gasteiger partial charge in [0.1, 0.15) is 11.9 Å². The number of nitrogens with zero attached hydrogens (tertiary/aromatic N) is 1. The van der Waals surface area contributed by atoms with E-state index in [4.69, 9.17) is 4.74 Å². The Morgan fingerprint density at radius 1 is 1.35 bits per heavy atom. The standard InChI is InChI=1S/C17H25NO2/c1-13-5-6-17-14(10-13)11-16(20-17)12-18-8-3-2-4-15(18)7-9-19/h5-6,10,15-16,19H,2-4,7-9,11-12H2,1H3. The number of likely N-dealkylation sites (tertiary alicyclic amines) is 1. The van der Waals surface area contributed by atoms with Gasteiger partial charge < -0.3 is 9.84 Å². The Morgan fingerprint density at radius 2 is 2.25 bits per heavy atom. The van der Waals surface area contributed by atoms with Crippen LogP contribution in [0.2, 0.25) is 0 Å². The zero-order valence-corrected chi connectivity index (χ0v) is 12.3. The molecule has 1 N–H and O–H groups in total. The first-order valence-corrected chi connectivity index (χ1v) is 7.87. The minimum atomic E-state index is 0.283. The SMILES string of the molecule is Cc1ccc2c(c1)CC(CN1CCCCC1CCO)O2. The van der Waals surface area contributed by atoms with Crippen LogP contribution in [0.4, 0.5) is 0 Å². The molecule has 3 rings (SSSR count). The van der Waals surface area contributed by atoms with Gasteiger partial charge in [-0.2, -0.15) is 0 Å². The molecule has 1 aromatic rings. The molecule has 2 atom stereocenters. The third kappa shape index (κ3) is 2.99. The Morgan fingerprint density at radius 3 is 3.10 bits per heavy atom. The largest absolute Gasteiger partial charge is 0.488 e. The van der Waals surface area contributed by atoms with E-state index in [1.54, 1.807) is 0 Å². The molecule has 1 saturated heterocycles. The van der Waals surface area contributed by atoms with Gasteiger partial charge in [0.15, 0.2) is 0 Å². The van der Waals surface area contributed by atoms with Crippen LogP contribution in [0.5, 0.6) is 5.75 Å². The van der Waals surface area contributed by atoms with Crippen LogP contribution >= 0.6 is 0 Å². The fourth-order valence-electron chi connectivity index (χ4n) is 3.59. The minimum absolute atomic E-state index is 0.283. The highest BCUT2D eigenvalue weighted by Gasteiger charge is 2.29. The molecular weight excluding hydrogens is 250 g/mol. The van der Waals surface area contributed by atoms with Crippen molar-refractivity contribution in [2.24, 2.45) is 0 Å². The van der Waals surface area contributed by atoms with E-state index in [-0.39, 0.29) is 6.10 Å². The lowest BCUT2D eigenvalue weighted by Gasteiger charge is -2.36. The Balaban J connectivity index is 1.61. The van der Waals surface area contributed by atoms with Gasteiger partial charge in [-0.15, -0.1) is 0 Å². The van der Waals surface area contributed by atoms with Crippen molar-refractivity contribution in [3.05, 3.63) is 29.3 Å². The molecule has 0 saturated carbocycles. The van der Waals surface area contributed by atoms with Gasteiger partial charge in [0, 0.05) is 25.6 Å². The summed E-state index contributed by atoms with van der Waals surface area (Å²) < 4.78 is 6.09. The molecule has 0 bridgehead atoms. The second-order valence-corrected chi connectivity index (χ2v) is 6.21. The van der Waals surface area contributed by atoms with E-state index in [9.17, 15) is 5.11 Å². The zero-order valence-electron chi connectivity index (χ0n) is 12.3. The predicted molar refractivity (Wildman–Crippen MR) is 80.2 cm³/mol. The molecule has 2 heterocycles. The molecule has 2 unspecified atom stereocenters. The monoisotopic (exact) mass is 275 g/mol. The third-order valence-corrected chi connectivity index (χ3v) is 4.61. The number of piperidine rings is 1. The quantitative estimate of drug-likeness (QED) is 0.916. The first-order chi connectivity index (χ1) is 9.76. The summed E-state index contributed by atoms with van der Waals surface area (Å²) in [6.45, 7) is 4.58. The van der Waals surface area contributed by atoms with Gasteiger partial charge in [-0.05, 0) is 44.4 Å². The van der Waals surface area contributed by atoms with E-state index in [1.165, 1.54) is 30.4 Å². The Kier molecular flexibility index (Phi) is 4.27. The molecule has 0 spiro atoms. The average molecular weight is 275 g/mol. The van der Waals surface area contributed by atoms with Crippen LogP contribution in [-0.2, 0) is 6.42 Å². The van der Waals surface area contributed by atoms with Gasteiger partial charge in [-0.1, -0.05) is 24.1 Å². The number of aliphatic hydroxyl groups is 1. The molecule has 110 valence electrons. The Hall–Kier alpha value is -1.06. The number of hydrogen-bond donors (Lipinski definition) is 1. The fourth-order valence-corrected chi connectivity index (χ4v) is 3.59. The summed E-state index contributed by atoms with van der Waals surface area (Å²) >= 11 is 0. The molecule has 2 aliphatic rings. The predicted octanol–water partition coefficient (Wildman–Crippen LogP) is 2.54. The van der Waals surface area contributed by atoms with Crippen LogP contribution in [0.15, 0.2) is 18.2 Å². The van der Waals surface area contributed by atoms with E-state index in [1.807, 2.05) is 0 Å². The van der Waals surface area contributed by atoms with Crippen molar-refractivity contribution >= 4 is 0 Å². The lowest BCUT2D eigenvalue weighted by atomic mass is 9.98. The number of hydrogen-bond acceptors (Lipinski definition) is 3. The Labute approximate surface area is 121 Å². The molecule has 3 heteroatoms. The van der Waals surface area contributed by atoms with Gasteiger partial charge in [-0.25, -0.2) is 0 Å². The van der Waals surface area contributed by atoms with E-state index < -0.39 is 0 Å². The van der Waals surface area contributed by atoms with Gasteiger partial charge in [0.25, 0.3) is 0 Å². The van der Waals surface area contributed by atoms with Gasteiger partial charge in [0.2, 0.25) is 0 Å². The molecule has 2 aliphatic heterocycles. The fraction of sp³-hybridized carbons (Fsp3) is 0.647. The average Bonchev–Trinajstić information content (AvgIpc) is 2.82. The van der Waals surface area contributed by atoms with E-state index in [0.29, 0.717) is 12.6 Å². The van der Waals surface area contributed by atoms with Crippen molar-refractivity contribution in [2.75, 3.05) is 19.7 Å². The molecule has 3 nitrogen and oxygen atoms in total.